The van der Waals surface area contributed by atoms with Crippen molar-refractivity contribution in [3.63, 3.8) is 0 Å². The lowest BCUT2D eigenvalue weighted by molar-refractivity contribution is -0.323. The van der Waals surface area contributed by atoms with E-state index >= 15 is 28.8 Å². The maximum Gasteiger partial charge on any atom is 0.344 e. The molecule has 0 saturated carbocycles. The van der Waals surface area contributed by atoms with E-state index in [0.29, 0.717) is 54.6 Å². The van der Waals surface area contributed by atoms with Crippen molar-refractivity contribution >= 4 is 65.5 Å². The van der Waals surface area contributed by atoms with E-state index in [-0.39, 0.29) is 30.3 Å². The number of benzene rings is 9. The Kier molecular flexibility index (Phi) is 21.5. The van der Waals surface area contributed by atoms with Gasteiger partial charge in [0.15, 0.2) is 151 Å². The van der Waals surface area contributed by atoms with Gasteiger partial charge in [-0.2, -0.15) is 0 Å². The molecule has 0 radical (unpaired) electrons. The smallest absolute Gasteiger partial charge is 0.344 e. The lowest BCUT2D eigenvalue weighted by Gasteiger charge is -2.44. The first-order valence-corrected chi connectivity index (χ1v) is 37.6. The van der Waals surface area contributed by atoms with Crippen LogP contribution in [0.4, 0.5) is 0 Å². The van der Waals surface area contributed by atoms with Crippen molar-refractivity contribution in [1.29, 1.82) is 0 Å². The van der Waals surface area contributed by atoms with Crippen molar-refractivity contribution in [1.82, 2.24) is 0 Å². The van der Waals surface area contributed by atoms with Crippen molar-refractivity contribution < 1.29 is 262 Å². The molecule has 702 valence electrons. The zero-order valence-electron chi connectivity index (χ0n) is 66.0. The molecule has 9 aromatic rings. The first-order valence-electron chi connectivity index (χ1n) is 37.6. The molecule has 135 heavy (non-hydrogen) atoms. The fourth-order valence-corrected chi connectivity index (χ4v) is 15.0. The Morgan fingerprint density at radius 1 is 0.348 bits per heavy atom. The number of phenolic OH excluding ortho intramolecular Hbond substituents is 24. The quantitative estimate of drug-likeness (QED) is 0.0420. The van der Waals surface area contributed by atoms with E-state index in [4.69, 9.17) is 71.1 Å². The number of hydrogen-bond acceptors (Lipinski definition) is 53. The monoisotopic (exact) mass is 1890 g/mol. The van der Waals surface area contributed by atoms with Crippen LogP contribution in [0.3, 0.4) is 0 Å². The number of carbonyl (C=O) groups is 11. The van der Waals surface area contributed by atoms with E-state index in [1.165, 1.54) is 0 Å². The SMILES string of the molecule is O=C1O[C@@H]2[C@H]3OC(=O)c4cc(O)c(O)c(O)c4-c4c(cc5c(c4O)Oc4c(cc(O)c(O)c4O)C(=O)O[C@@H]4O[C@H](COC(=O)c6cc(O)c(O)c(O)c6)[C@@H](OC(=O)c6cc(O)c(O)c(O)c6)[C@@H](OC(=O)c6cc(O)c(O)c(O)c6)[C@@H]4OC(=O)c4cc(O)c(O)c(O)c4O5)C(=O)OC[C@@H]2O[C@@H](OC(=O)c2cc(O)c(O)c(O)c2)[C@@H]3OC(=O)c2cc(O)c(O)c3c2[C@@H]2C1=CC(=O)C(O)(O)[C@]2(O)O3. The summed E-state index contributed by atoms with van der Waals surface area (Å²) in [5.41, 5.74) is -17.4. The molecule has 0 unspecified atom stereocenters. The summed E-state index contributed by atoms with van der Waals surface area (Å²) in [6, 6.07) is 3.98. The Morgan fingerprint density at radius 3 is 1.27 bits per heavy atom. The average molecular weight is 1890 g/mol. The zero-order valence-corrected chi connectivity index (χ0v) is 66.0. The molecule has 2 saturated heterocycles. The third-order valence-corrected chi connectivity index (χ3v) is 21.6. The van der Waals surface area contributed by atoms with E-state index in [1.54, 1.807) is 0 Å². The van der Waals surface area contributed by atoms with Crippen molar-refractivity contribution in [2.75, 3.05) is 13.2 Å². The second-order valence-electron chi connectivity index (χ2n) is 29.8. The van der Waals surface area contributed by atoms with E-state index in [0.717, 1.165) is 0 Å². The number of aromatic hydroxyl groups is 24. The topological polar surface area (TPSA) is 872 Å². The molecule has 6 aliphatic heterocycles. The van der Waals surface area contributed by atoms with Crippen molar-refractivity contribution in [3.8, 4) is 178 Å². The average Bonchev–Trinajstić information content (AvgIpc) is 1.53. The maximum atomic E-state index is 15.9. The first kappa shape index (κ1) is 89.9. The van der Waals surface area contributed by atoms with E-state index < -0.39 is 397 Å². The second kappa shape index (κ2) is 32.3. The molecule has 2 fully saturated rings. The molecule has 27 N–H and O–H groups in total. The first-order chi connectivity index (χ1) is 63.5. The number of ketones is 1. The maximum absolute atomic E-state index is 15.9. The van der Waals surface area contributed by atoms with Gasteiger partial charge in [-0.15, -0.1) is 0 Å². The fourth-order valence-electron chi connectivity index (χ4n) is 15.0. The van der Waals surface area contributed by atoms with Gasteiger partial charge in [-0.25, -0.2) is 47.9 Å². The summed E-state index contributed by atoms with van der Waals surface area (Å²) in [5.74, 6) is -78.4. The number of hydrogen-bond donors (Lipinski definition) is 27. The summed E-state index contributed by atoms with van der Waals surface area (Å²) in [7, 11) is 0. The van der Waals surface area contributed by atoms with E-state index in [2.05, 4.69) is 0 Å². The van der Waals surface area contributed by atoms with Crippen LogP contribution in [-0.2, 0) is 66.4 Å². The zero-order chi connectivity index (χ0) is 97.9. The van der Waals surface area contributed by atoms with Gasteiger partial charge in [-0.05, 0) is 66.7 Å². The highest BCUT2D eigenvalue weighted by Gasteiger charge is 2.71. The molecule has 6 heterocycles. The van der Waals surface area contributed by atoms with Gasteiger partial charge in [0.2, 0.25) is 70.8 Å². The summed E-state index contributed by atoms with van der Waals surface area (Å²) < 4.78 is 86.8. The van der Waals surface area contributed by atoms with Crippen LogP contribution in [0.1, 0.15) is 105 Å². The van der Waals surface area contributed by atoms with E-state index in [9.17, 15) is 162 Å². The van der Waals surface area contributed by atoms with Gasteiger partial charge in [-0.1, -0.05) is 0 Å². The molecule has 53 nitrogen and oxygen atoms in total. The van der Waals surface area contributed by atoms with Crippen LogP contribution in [0.5, 0.6) is 167 Å². The number of ether oxygens (including phenoxy) is 15. The third-order valence-electron chi connectivity index (χ3n) is 21.6. The Hall–Kier alpha value is -18.5. The van der Waals surface area contributed by atoms with Crippen molar-refractivity contribution in [3.05, 3.63) is 146 Å². The van der Waals surface area contributed by atoms with Crippen LogP contribution in [0, 0.1) is 0 Å². The van der Waals surface area contributed by atoms with Crippen LogP contribution in [0.25, 0.3) is 11.1 Å². The number of carbonyl (C=O) groups excluding carboxylic acids is 11. The number of rotatable bonds is 9. The lowest BCUT2D eigenvalue weighted by atomic mass is 9.74. The highest BCUT2D eigenvalue weighted by atomic mass is 16.8. The number of esters is 10. The molecular formula is C82H56O53. The number of cyclic esters (lactones) is 1. The fraction of sp³-hybridized carbons (Fsp3) is 0.183. The van der Waals surface area contributed by atoms with Gasteiger partial charge in [-0.3, -0.25) is 4.79 Å². The summed E-state index contributed by atoms with van der Waals surface area (Å²) in [5, 5.41) is 300. The normalized spacial score (nSPS) is 22.5. The molecule has 12 atom stereocenters. The van der Waals surface area contributed by atoms with Gasteiger partial charge in [0.05, 0.1) is 50.4 Å². The predicted octanol–water partition coefficient (Wildman–Crippen LogP) is 1.38. The molecular weight excluding hydrogens is 1830 g/mol. The van der Waals surface area contributed by atoms with E-state index in [1.807, 2.05) is 0 Å². The van der Waals surface area contributed by atoms with Gasteiger partial charge in [0.1, 0.15) is 36.5 Å². The summed E-state index contributed by atoms with van der Waals surface area (Å²) in [6.45, 7) is -3.36. The van der Waals surface area contributed by atoms with Gasteiger partial charge in [0, 0.05) is 34.9 Å². The Bertz CT molecular complexity index is 6730. The van der Waals surface area contributed by atoms with Gasteiger partial charge < -0.3 is 209 Å². The van der Waals surface area contributed by atoms with Gasteiger partial charge >= 0.3 is 59.7 Å². The lowest BCUT2D eigenvalue weighted by Crippen LogP contribution is -2.66. The van der Waals surface area contributed by atoms with Crippen LogP contribution < -0.4 is 14.2 Å². The summed E-state index contributed by atoms with van der Waals surface area (Å²) >= 11 is 0. The highest BCUT2D eigenvalue weighted by molar-refractivity contribution is 6.11. The highest BCUT2D eigenvalue weighted by Crippen LogP contribution is 2.63. The Balaban J connectivity index is 0.894. The molecule has 0 aromatic heterocycles. The summed E-state index contributed by atoms with van der Waals surface area (Å²) in [6.07, 6.45) is -29.0. The third kappa shape index (κ3) is 14.8. The molecule has 53 heteroatoms. The molecule has 0 spiro atoms. The minimum atomic E-state index is -4.25. The second-order valence-corrected chi connectivity index (χ2v) is 29.8. The van der Waals surface area contributed by atoms with Gasteiger partial charge in [0.25, 0.3) is 11.6 Å². The van der Waals surface area contributed by atoms with Crippen LogP contribution in [0.2, 0.25) is 0 Å². The molecule has 4 bridgehead atoms. The number of fused-ring (bicyclic) bond motifs is 7. The predicted molar refractivity (Wildman–Crippen MR) is 410 cm³/mol. The number of aliphatic hydroxyl groups is 3. The molecule has 0 amide bonds. The molecule has 9 aromatic carbocycles. The van der Waals surface area contributed by atoms with Crippen molar-refractivity contribution in [2.24, 2.45) is 0 Å². The van der Waals surface area contributed by atoms with Crippen molar-refractivity contribution in [2.45, 2.75) is 78.9 Å². The Morgan fingerprint density at radius 2 is 0.748 bits per heavy atom. The largest absolute Gasteiger partial charge is 0.504 e. The molecule has 1 aliphatic carbocycles. The molecule has 7 aliphatic rings. The summed E-state index contributed by atoms with van der Waals surface area (Å²) in [4.78, 5) is 165. The van der Waals surface area contributed by atoms with Crippen LogP contribution >= 0.6 is 0 Å². The Labute approximate surface area is 740 Å². The van der Waals surface area contributed by atoms with Crippen LogP contribution in [0.15, 0.2) is 90.5 Å². The standard InChI is InChI=1S/C82H56O53/c83-27-1-17(2-28(84)47(27)96)69(108)121-15-40-62(127-70(109)18-3-29(85)48(97)30(86)4-18)65(129-71(110)19-5-31(87)49(98)32(88)6-19)67-80(125-40)134-78(117)26-12-37(93)53(102)58(107)60(26)126-61-39(123-59-25(77(116)132-67)11-36(92)52(101)57(59)106)13-23-44(56(61)105)43-21(9-35(91)51(100)55(43)104)74(113)130-66-63-41(16-122-73(23)112)124-79(133-72(111)20-7-33(89)50(99)34(90)8-20)68(66)131-75(114)22-10-38(94)54(103)64-45(22)46-24(76(115)128-63)14-42(95)81(118,119)82(46,120)135-64/h1-14,40-41,46,62-63,65-68,79-80,83-94,96-107,118-120H,15-16H2/t40-,41+,46+,62-,63+,65-,66-,67+,68-,79+,80+,82-/m1/s1. The minimum Gasteiger partial charge on any atom is -0.504 e. The molecule has 16 rings (SSSR count). The minimum absolute atomic E-state index is 0.0550. The van der Waals surface area contributed by atoms with Crippen LogP contribution in [-0.4, -0.2) is 290 Å². The number of phenols is 24.